The van der Waals surface area contributed by atoms with Crippen molar-refractivity contribution in [1.82, 2.24) is 4.57 Å². The van der Waals surface area contributed by atoms with E-state index in [9.17, 15) is 0 Å². The van der Waals surface area contributed by atoms with Crippen molar-refractivity contribution in [3.05, 3.63) is 23.5 Å². The van der Waals surface area contributed by atoms with Gasteiger partial charge in [-0.2, -0.15) is 0 Å². The van der Waals surface area contributed by atoms with E-state index in [4.69, 9.17) is 5.73 Å². The Hall–Kier alpha value is -0.760. The molecular formula is C17H30N2. The second-order valence-corrected chi connectivity index (χ2v) is 6.97. The Kier molecular flexibility index (Phi) is 4.72. The number of rotatable bonds is 6. The standard InChI is InChI=1S/C17H30N2/c1-4-5-6-11-17(2,3)13-19-12-10-14-15(18)8-7-9-16(14)19/h10,12,15H,4-9,11,13,18H2,1-3H3. The second kappa shape index (κ2) is 6.13. The molecule has 1 aromatic rings. The van der Waals surface area contributed by atoms with Gasteiger partial charge in [0.25, 0.3) is 0 Å². The normalized spacial score (nSPS) is 19.5. The molecule has 0 amide bonds. The van der Waals surface area contributed by atoms with Crippen molar-refractivity contribution in [1.29, 1.82) is 0 Å². The Morgan fingerprint density at radius 1 is 1.37 bits per heavy atom. The number of hydrogen-bond donors (Lipinski definition) is 1. The van der Waals surface area contributed by atoms with Gasteiger partial charge in [-0.05, 0) is 42.7 Å². The van der Waals surface area contributed by atoms with Crippen molar-refractivity contribution < 1.29 is 0 Å². The maximum Gasteiger partial charge on any atom is 0.0312 e. The minimum atomic E-state index is 0.271. The summed E-state index contributed by atoms with van der Waals surface area (Å²) in [5, 5.41) is 0. The predicted molar refractivity (Wildman–Crippen MR) is 82.2 cm³/mol. The second-order valence-electron chi connectivity index (χ2n) is 6.97. The highest BCUT2D eigenvalue weighted by molar-refractivity contribution is 5.28. The minimum absolute atomic E-state index is 0.271. The number of hydrogen-bond acceptors (Lipinski definition) is 1. The molecular weight excluding hydrogens is 232 g/mol. The zero-order valence-electron chi connectivity index (χ0n) is 12.9. The van der Waals surface area contributed by atoms with Crippen LogP contribution < -0.4 is 5.73 Å². The first kappa shape index (κ1) is 14.6. The largest absolute Gasteiger partial charge is 0.351 e. The zero-order valence-corrected chi connectivity index (χ0v) is 12.9. The van der Waals surface area contributed by atoms with Crippen molar-refractivity contribution in [2.24, 2.45) is 11.1 Å². The van der Waals surface area contributed by atoms with Crippen LogP contribution in [0.2, 0.25) is 0 Å². The molecule has 1 unspecified atom stereocenters. The molecule has 0 saturated heterocycles. The average Bonchev–Trinajstić information content (AvgIpc) is 2.74. The molecule has 1 atom stereocenters. The first-order valence-electron chi connectivity index (χ1n) is 7.97. The van der Waals surface area contributed by atoms with Gasteiger partial charge in [-0.25, -0.2) is 0 Å². The van der Waals surface area contributed by atoms with Crippen LogP contribution in [0.15, 0.2) is 12.3 Å². The van der Waals surface area contributed by atoms with E-state index < -0.39 is 0 Å². The van der Waals surface area contributed by atoms with Crippen molar-refractivity contribution in [2.45, 2.75) is 78.3 Å². The van der Waals surface area contributed by atoms with Crippen LogP contribution in [0.1, 0.15) is 76.6 Å². The molecule has 1 aromatic heterocycles. The van der Waals surface area contributed by atoms with Crippen LogP contribution in [0, 0.1) is 5.41 Å². The van der Waals surface area contributed by atoms with E-state index >= 15 is 0 Å². The van der Waals surface area contributed by atoms with Gasteiger partial charge in [0.15, 0.2) is 0 Å². The van der Waals surface area contributed by atoms with Crippen molar-refractivity contribution in [2.75, 3.05) is 0 Å². The molecule has 0 spiro atoms. The zero-order chi connectivity index (χ0) is 13.9. The molecule has 2 N–H and O–H groups in total. The summed E-state index contributed by atoms with van der Waals surface area (Å²) < 4.78 is 2.47. The molecule has 0 bridgehead atoms. The summed E-state index contributed by atoms with van der Waals surface area (Å²) >= 11 is 0. The fourth-order valence-electron chi connectivity index (χ4n) is 3.33. The molecule has 0 saturated carbocycles. The summed E-state index contributed by atoms with van der Waals surface area (Å²) in [6, 6.07) is 2.52. The molecule has 2 rings (SSSR count). The van der Waals surface area contributed by atoms with E-state index in [1.54, 1.807) is 0 Å². The van der Waals surface area contributed by atoms with Gasteiger partial charge in [0.05, 0.1) is 0 Å². The summed E-state index contributed by atoms with van der Waals surface area (Å²) in [4.78, 5) is 0. The fraction of sp³-hybridized carbons (Fsp3) is 0.765. The SMILES string of the molecule is CCCCCC(C)(C)Cn1ccc2c1CCCC2N. The van der Waals surface area contributed by atoms with Gasteiger partial charge in [-0.1, -0.05) is 40.0 Å². The Morgan fingerprint density at radius 3 is 2.89 bits per heavy atom. The van der Waals surface area contributed by atoms with Gasteiger partial charge in [-0.3, -0.25) is 0 Å². The number of aromatic nitrogens is 1. The highest BCUT2D eigenvalue weighted by Gasteiger charge is 2.24. The van der Waals surface area contributed by atoms with Gasteiger partial charge in [0.1, 0.15) is 0 Å². The molecule has 0 fully saturated rings. The van der Waals surface area contributed by atoms with Gasteiger partial charge in [-0.15, -0.1) is 0 Å². The molecule has 1 aliphatic carbocycles. The van der Waals surface area contributed by atoms with Crippen LogP contribution in [-0.2, 0) is 13.0 Å². The Morgan fingerprint density at radius 2 is 2.16 bits per heavy atom. The van der Waals surface area contributed by atoms with Crippen LogP contribution >= 0.6 is 0 Å². The van der Waals surface area contributed by atoms with Gasteiger partial charge in [0.2, 0.25) is 0 Å². The molecule has 2 nitrogen and oxygen atoms in total. The lowest BCUT2D eigenvalue weighted by Gasteiger charge is -2.28. The van der Waals surface area contributed by atoms with Gasteiger partial charge < -0.3 is 10.3 Å². The lowest BCUT2D eigenvalue weighted by molar-refractivity contribution is 0.267. The van der Waals surface area contributed by atoms with E-state index in [0.717, 1.165) is 13.0 Å². The molecule has 108 valence electrons. The van der Waals surface area contributed by atoms with Crippen LogP contribution in [0.5, 0.6) is 0 Å². The molecule has 1 heterocycles. The van der Waals surface area contributed by atoms with Gasteiger partial charge in [0, 0.05) is 24.5 Å². The third-order valence-corrected chi connectivity index (χ3v) is 4.50. The fourth-order valence-corrected chi connectivity index (χ4v) is 3.33. The Balaban J connectivity index is 2.03. The highest BCUT2D eigenvalue weighted by atomic mass is 15.0. The molecule has 0 radical (unpaired) electrons. The lowest BCUT2D eigenvalue weighted by Crippen LogP contribution is -2.23. The lowest BCUT2D eigenvalue weighted by atomic mass is 9.86. The first-order chi connectivity index (χ1) is 9.03. The third-order valence-electron chi connectivity index (χ3n) is 4.50. The summed E-state index contributed by atoms with van der Waals surface area (Å²) in [5.74, 6) is 0. The average molecular weight is 262 g/mol. The Bertz CT molecular complexity index is 403. The van der Waals surface area contributed by atoms with Crippen LogP contribution in [-0.4, -0.2) is 4.57 Å². The molecule has 2 heteroatoms. The summed E-state index contributed by atoms with van der Waals surface area (Å²) in [5.41, 5.74) is 9.50. The maximum absolute atomic E-state index is 6.21. The molecule has 1 aliphatic rings. The van der Waals surface area contributed by atoms with Crippen LogP contribution in [0.3, 0.4) is 0 Å². The van der Waals surface area contributed by atoms with E-state index in [-0.39, 0.29) is 6.04 Å². The molecule has 0 aromatic carbocycles. The van der Waals surface area contributed by atoms with E-state index in [2.05, 4.69) is 37.6 Å². The maximum atomic E-state index is 6.21. The quantitative estimate of drug-likeness (QED) is 0.755. The van der Waals surface area contributed by atoms with E-state index in [1.165, 1.54) is 49.8 Å². The smallest absolute Gasteiger partial charge is 0.0312 e. The summed E-state index contributed by atoms with van der Waals surface area (Å²) in [6.45, 7) is 8.21. The first-order valence-corrected chi connectivity index (χ1v) is 7.97. The topological polar surface area (TPSA) is 30.9 Å². The minimum Gasteiger partial charge on any atom is -0.351 e. The summed E-state index contributed by atoms with van der Waals surface area (Å²) in [7, 11) is 0. The molecule has 0 aliphatic heterocycles. The number of unbranched alkanes of at least 4 members (excludes halogenated alkanes) is 2. The van der Waals surface area contributed by atoms with Crippen LogP contribution in [0.25, 0.3) is 0 Å². The van der Waals surface area contributed by atoms with Crippen LogP contribution in [0.4, 0.5) is 0 Å². The molecule has 19 heavy (non-hydrogen) atoms. The van der Waals surface area contributed by atoms with Crippen molar-refractivity contribution in [3.63, 3.8) is 0 Å². The third kappa shape index (κ3) is 3.62. The predicted octanol–water partition coefficient (Wildman–Crippen LogP) is 4.43. The van der Waals surface area contributed by atoms with Crippen molar-refractivity contribution >= 4 is 0 Å². The number of nitrogens with zero attached hydrogens (tertiary/aromatic N) is 1. The Labute approximate surface area is 118 Å². The summed E-state index contributed by atoms with van der Waals surface area (Å²) in [6.07, 6.45) is 11.2. The van der Waals surface area contributed by atoms with Crippen molar-refractivity contribution in [3.8, 4) is 0 Å². The number of fused-ring (bicyclic) bond motifs is 1. The number of nitrogens with two attached hydrogens (primary N) is 1. The highest BCUT2D eigenvalue weighted by Crippen LogP contribution is 2.32. The van der Waals surface area contributed by atoms with E-state index in [0.29, 0.717) is 5.41 Å². The van der Waals surface area contributed by atoms with Gasteiger partial charge >= 0.3 is 0 Å². The van der Waals surface area contributed by atoms with E-state index in [1.807, 2.05) is 0 Å². The monoisotopic (exact) mass is 262 g/mol.